The Morgan fingerprint density at radius 2 is 1.80 bits per heavy atom. The highest BCUT2D eigenvalue weighted by Gasteiger charge is 2.21. The highest BCUT2D eigenvalue weighted by Crippen LogP contribution is 2.34. The summed E-state index contributed by atoms with van der Waals surface area (Å²) >= 11 is 7.85. The fourth-order valence-electron chi connectivity index (χ4n) is 4.08. The average molecular weight is 501 g/mol. The monoisotopic (exact) mass is 500 g/mol. The van der Waals surface area contributed by atoms with E-state index in [0.29, 0.717) is 23.1 Å². The molecule has 0 aliphatic heterocycles. The van der Waals surface area contributed by atoms with Crippen molar-refractivity contribution in [1.82, 2.24) is 14.5 Å². The van der Waals surface area contributed by atoms with Gasteiger partial charge in [-0.3, -0.25) is 9.69 Å². The van der Waals surface area contributed by atoms with Crippen molar-refractivity contribution in [2.45, 2.75) is 26.3 Å². The lowest BCUT2D eigenvalue weighted by Crippen LogP contribution is -2.33. The van der Waals surface area contributed by atoms with Crippen molar-refractivity contribution in [2.75, 3.05) is 11.4 Å². The molecule has 5 nitrogen and oxygen atoms in total. The second kappa shape index (κ2) is 10.4. The zero-order valence-corrected chi connectivity index (χ0v) is 21.0. The molecule has 0 bridgehead atoms. The Morgan fingerprint density at radius 1 is 1.03 bits per heavy atom. The molecule has 5 aromatic rings. The van der Waals surface area contributed by atoms with Gasteiger partial charge in [-0.25, -0.2) is 9.97 Å². The molecule has 1 amide bonds. The van der Waals surface area contributed by atoms with E-state index in [2.05, 4.69) is 29.2 Å². The maximum Gasteiger partial charge on any atom is 0.233 e. The van der Waals surface area contributed by atoms with Gasteiger partial charge in [0, 0.05) is 30.5 Å². The van der Waals surface area contributed by atoms with E-state index in [0.717, 1.165) is 45.4 Å². The van der Waals surface area contributed by atoms with E-state index in [1.807, 2.05) is 65.1 Å². The summed E-state index contributed by atoms with van der Waals surface area (Å²) in [7, 11) is 0. The normalized spacial score (nSPS) is 11.1. The Hall–Kier alpha value is -3.48. The lowest BCUT2D eigenvalue weighted by atomic mass is 10.0. The van der Waals surface area contributed by atoms with Crippen LogP contribution in [0.1, 0.15) is 17.5 Å². The summed E-state index contributed by atoms with van der Waals surface area (Å²) in [5, 5.41) is 1.40. The Morgan fingerprint density at radius 3 is 2.54 bits per heavy atom. The summed E-state index contributed by atoms with van der Waals surface area (Å²) < 4.78 is 3.05. The summed E-state index contributed by atoms with van der Waals surface area (Å²) in [5.74, 6) is 0.0332. The largest absolute Gasteiger partial charge is 0.337 e. The van der Waals surface area contributed by atoms with Crippen LogP contribution >= 0.6 is 22.9 Å². The lowest BCUT2D eigenvalue weighted by molar-refractivity contribution is -0.118. The van der Waals surface area contributed by atoms with E-state index < -0.39 is 0 Å². The number of fused-ring (bicyclic) bond motifs is 1. The Labute approximate surface area is 213 Å². The topological polar surface area (TPSA) is 51.0 Å². The van der Waals surface area contributed by atoms with E-state index in [1.54, 1.807) is 12.5 Å². The molecule has 0 saturated carbocycles. The minimum Gasteiger partial charge on any atom is -0.337 e. The molecule has 0 N–H and O–H groups in total. The summed E-state index contributed by atoms with van der Waals surface area (Å²) in [4.78, 5) is 24.3. The van der Waals surface area contributed by atoms with Crippen molar-refractivity contribution in [3.63, 3.8) is 0 Å². The van der Waals surface area contributed by atoms with E-state index in [-0.39, 0.29) is 5.91 Å². The number of thiazole rings is 1. The highest BCUT2D eigenvalue weighted by molar-refractivity contribution is 7.22. The van der Waals surface area contributed by atoms with Crippen LogP contribution < -0.4 is 4.90 Å². The van der Waals surface area contributed by atoms with Gasteiger partial charge < -0.3 is 4.57 Å². The number of carbonyl (C=O) groups is 1. The molecule has 0 atom stereocenters. The summed E-state index contributed by atoms with van der Waals surface area (Å²) in [6.45, 7) is 3.32. The standard InChI is InChI=1S/C28H25ClN4OS/c1-20-24(29)12-13-25-27(20)31-28(35-25)33(16-5-15-32-17-14-30-19-32)26(34)18-21-8-10-23(11-9-21)22-6-3-2-4-7-22/h2-4,6-14,17,19H,5,15-16,18H2,1H3. The quantitative estimate of drug-likeness (QED) is 0.236. The van der Waals surface area contributed by atoms with Crippen LogP contribution in [-0.2, 0) is 17.8 Å². The molecule has 2 aromatic heterocycles. The number of hydrogen-bond donors (Lipinski definition) is 0. The van der Waals surface area contributed by atoms with Crippen LogP contribution in [0, 0.1) is 6.92 Å². The Balaban J connectivity index is 1.37. The molecule has 0 aliphatic rings. The van der Waals surface area contributed by atoms with E-state index in [4.69, 9.17) is 16.6 Å². The molecule has 7 heteroatoms. The molecule has 3 aromatic carbocycles. The third-order valence-electron chi connectivity index (χ3n) is 6.04. The maximum absolute atomic E-state index is 13.5. The van der Waals surface area contributed by atoms with Crippen molar-refractivity contribution < 1.29 is 4.79 Å². The molecule has 176 valence electrons. The minimum absolute atomic E-state index is 0.0332. The van der Waals surface area contributed by atoms with Crippen LogP contribution in [0.5, 0.6) is 0 Å². The van der Waals surface area contributed by atoms with Gasteiger partial charge in [0.15, 0.2) is 5.13 Å². The summed E-state index contributed by atoms with van der Waals surface area (Å²) in [5.41, 5.74) is 5.08. The molecule has 0 spiro atoms. The molecule has 0 aliphatic carbocycles. The molecule has 0 fully saturated rings. The molecule has 0 unspecified atom stereocenters. The molecule has 5 rings (SSSR count). The lowest BCUT2D eigenvalue weighted by Gasteiger charge is -2.20. The first-order valence-corrected chi connectivity index (χ1v) is 12.7. The number of carbonyl (C=O) groups excluding carboxylic acids is 1. The number of amides is 1. The van der Waals surface area contributed by atoms with Crippen molar-refractivity contribution in [2.24, 2.45) is 0 Å². The number of nitrogens with zero attached hydrogens (tertiary/aromatic N) is 4. The van der Waals surface area contributed by atoms with E-state index in [9.17, 15) is 4.79 Å². The number of halogens is 1. The number of rotatable bonds is 8. The highest BCUT2D eigenvalue weighted by atomic mass is 35.5. The predicted octanol–water partition coefficient (Wildman–Crippen LogP) is 6.79. The van der Waals surface area contributed by atoms with Crippen LogP contribution in [0.4, 0.5) is 5.13 Å². The van der Waals surface area contributed by atoms with Gasteiger partial charge in [-0.2, -0.15) is 0 Å². The number of aromatic nitrogens is 3. The number of imidazole rings is 1. The van der Waals surface area contributed by atoms with Crippen LogP contribution in [-0.4, -0.2) is 27.0 Å². The molecule has 2 heterocycles. The number of benzene rings is 3. The smallest absolute Gasteiger partial charge is 0.233 e. The molecular weight excluding hydrogens is 476 g/mol. The van der Waals surface area contributed by atoms with Gasteiger partial charge in [0.05, 0.1) is 23.0 Å². The van der Waals surface area contributed by atoms with Crippen molar-refractivity contribution in [3.05, 3.63) is 102 Å². The van der Waals surface area contributed by atoms with E-state index in [1.165, 1.54) is 11.3 Å². The summed E-state index contributed by atoms with van der Waals surface area (Å²) in [6.07, 6.45) is 6.61. The van der Waals surface area contributed by atoms with Gasteiger partial charge >= 0.3 is 0 Å². The predicted molar refractivity (Wildman–Crippen MR) is 144 cm³/mol. The molecular formula is C28H25ClN4OS. The van der Waals surface area contributed by atoms with Gasteiger partial charge in [0.2, 0.25) is 5.91 Å². The fraction of sp³-hybridized carbons (Fsp3) is 0.179. The first kappa shape index (κ1) is 23.3. The number of aryl methyl sites for hydroxylation is 2. The Kier molecular flexibility index (Phi) is 6.93. The number of hydrogen-bond acceptors (Lipinski definition) is 4. The van der Waals surface area contributed by atoms with Gasteiger partial charge in [-0.1, -0.05) is 77.5 Å². The first-order chi connectivity index (χ1) is 17.1. The van der Waals surface area contributed by atoms with Crippen LogP contribution in [0.3, 0.4) is 0 Å². The van der Waals surface area contributed by atoms with E-state index >= 15 is 0 Å². The fourth-order valence-corrected chi connectivity index (χ4v) is 5.30. The minimum atomic E-state index is 0.0332. The Bertz CT molecular complexity index is 1430. The van der Waals surface area contributed by atoms with Gasteiger partial charge in [-0.15, -0.1) is 0 Å². The third-order valence-corrected chi connectivity index (χ3v) is 7.50. The third kappa shape index (κ3) is 5.29. The average Bonchev–Trinajstić information content (AvgIpc) is 3.55. The summed E-state index contributed by atoms with van der Waals surface area (Å²) in [6, 6.07) is 22.3. The first-order valence-electron chi connectivity index (χ1n) is 11.5. The van der Waals surface area contributed by atoms with Gasteiger partial charge in [-0.05, 0) is 47.7 Å². The molecule has 0 radical (unpaired) electrons. The van der Waals surface area contributed by atoms with Gasteiger partial charge in [0.25, 0.3) is 0 Å². The van der Waals surface area contributed by atoms with Crippen molar-refractivity contribution in [1.29, 1.82) is 0 Å². The van der Waals surface area contributed by atoms with Crippen LogP contribution in [0.25, 0.3) is 21.3 Å². The zero-order chi connectivity index (χ0) is 24.2. The van der Waals surface area contributed by atoms with Crippen molar-refractivity contribution in [3.8, 4) is 11.1 Å². The maximum atomic E-state index is 13.5. The SMILES string of the molecule is Cc1c(Cl)ccc2sc(N(CCCn3ccnc3)C(=O)Cc3ccc(-c4ccccc4)cc3)nc12. The van der Waals surface area contributed by atoms with Crippen molar-refractivity contribution >= 4 is 44.2 Å². The zero-order valence-electron chi connectivity index (χ0n) is 19.4. The molecule has 0 saturated heterocycles. The van der Waals surface area contributed by atoms with Gasteiger partial charge in [0.1, 0.15) is 0 Å². The molecule has 35 heavy (non-hydrogen) atoms. The number of anilines is 1. The second-order valence-corrected chi connectivity index (χ2v) is 9.87. The second-order valence-electron chi connectivity index (χ2n) is 8.45. The van der Waals surface area contributed by atoms with Crippen LogP contribution in [0.2, 0.25) is 5.02 Å². The van der Waals surface area contributed by atoms with Crippen LogP contribution in [0.15, 0.2) is 85.5 Å².